The minimum Gasteiger partial charge on any atom is -0.444 e. The van der Waals surface area contributed by atoms with Crippen LogP contribution in [0.3, 0.4) is 0 Å². The van der Waals surface area contributed by atoms with E-state index in [0.717, 1.165) is 47.0 Å². The first-order valence-corrected chi connectivity index (χ1v) is 9.88. The number of fused-ring (bicyclic) bond motifs is 1. The summed E-state index contributed by atoms with van der Waals surface area (Å²) in [5.74, 6) is 0. The molecule has 0 spiro atoms. The molecule has 1 fully saturated rings. The summed E-state index contributed by atoms with van der Waals surface area (Å²) in [5.41, 5.74) is 1.54. The zero-order valence-electron chi connectivity index (χ0n) is 15.2. The largest absolute Gasteiger partial charge is 0.444 e. The quantitative estimate of drug-likeness (QED) is 0.702. The molecule has 1 aliphatic rings. The van der Waals surface area contributed by atoms with E-state index in [-0.39, 0.29) is 12.1 Å². The number of anilines is 1. The second-order valence-electron chi connectivity index (χ2n) is 7.52. The minimum absolute atomic E-state index is 0.122. The molecule has 0 radical (unpaired) electrons. The third-order valence-electron chi connectivity index (χ3n) is 4.29. The third-order valence-corrected chi connectivity index (χ3v) is 5.10. The molecule has 0 saturated carbocycles. The van der Waals surface area contributed by atoms with Crippen LogP contribution in [0.15, 0.2) is 28.9 Å². The van der Waals surface area contributed by atoms with E-state index in [4.69, 9.17) is 16.3 Å². The molecule has 5 nitrogen and oxygen atoms in total. The fourth-order valence-electron chi connectivity index (χ4n) is 3.17. The maximum absolute atomic E-state index is 12.0. The number of carbonyl (C=O) groups excluding carboxylic acids is 1. The summed E-state index contributed by atoms with van der Waals surface area (Å²) in [6, 6.07) is 5.86. The van der Waals surface area contributed by atoms with Crippen LogP contribution in [0.1, 0.15) is 33.6 Å². The topological polar surface area (TPSA) is 54.5 Å². The number of hydrogen-bond acceptors (Lipinski definition) is 4. The Morgan fingerprint density at radius 2 is 2.04 bits per heavy atom. The van der Waals surface area contributed by atoms with Crippen LogP contribution < -0.4 is 10.2 Å². The summed E-state index contributed by atoms with van der Waals surface area (Å²) in [5, 5.41) is 4.70. The Morgan fingerprint density at radius 1 is 1.35 bits per heavy atom. The average Bonchev–Trinajstić information content (AvgIpc) is 2.54. The van der Waals surface area contributed by atoms with Crippen LogP contribution in [-0.2, 0) is 4.74 Å². The predicted molar refractivity (Wildman–Crippen MR) is 109 cm³/mol. The molecule has 0 bridgehead atoms. The van der Waals surface area contributed by atoms with Gasteiger partial charge in [-0.2, -0.15) is 0 Å². The molecule has 0 unspecified atom stereocenters. The van der Waals surface area contributed by atoms with Gasteiger partial charge in [-0.1, -0.05) is 11.6 Å². The van der Waals surface area contributed by atoms with Gasteiger partial charge in [0.25, 0.3) is 0 Å². The third kappa shape index (κ3) is 4.60. The van der Waals surface area contributed by atoms with Crippen LogP contribution in [-0.4, -0.2) is 35.8 Å². The smallest absolute Gasteiger partial charge is 0.407 e. The van der Waals surface area contributed by atoms with Crippen LogP contribution >= 0.6 is 27.5 Å². The minimum atomic E-state index is -0.481. The second kappa shape index (κ2) is 7.61. The highest BCUT2D eigenvalue weighted by Crippen LogP contribution is 2.36. The van der Waals surface area contributed by atoms with Gasteiger partial charge in [-0.25, -0.2) is 4.79 Å². The lowest BCUT2D eigenvalue weighted by Crippen LogP contribution is -2.46. The van der Waals surface area contributed by atoms with Gasteiger partial charge in [0, 0.05) is 35.7 Å². The van der Waals surface area contributed by atoms with Crippen molar-refractivity contribution < 1.29 is 9.53 Å². The fourth-order valence-corrected chi connectivity index (χ4v) is 3.91. The van der Waals surface area contributed by atoms with Gasteiger partial charge in [-0.3, -0.25) is 4.98 Å². The lowest BCUT2D eigenvalue weighted by atomic mass is 10.0. The predicted octanol–water partition coefficient (Wildman–Crippen LogP) is 5.14. The normalized spacial score (nSPS) is 16.0. The molecule has 1 saturated heterocycles. The Hall–Kier alpha value is -1.53. The van der Waals surface area contributed by atoms with Gasteiger partial charge in [0.05, 0.1) is 15.7 Å². The number of ether oxygens (including phenoxy) is 1. The van der Waals surface area contributed by atoms with Crippen LogP contribution in [0.25, 0.3) is 10.9 Å². The van der Waals surface area contributed by atoms with Crippen molar-refractivity contribution in [3.8, 4) is 0 Å². The van der Waals surface area contributed by atoms with Gasteiger partial charge in [-0.15, -0.1) is 0 Å². The number of nitrogens with one attached hydrogen (secondary N) is 1. The lowest BCUT2D eigenvalue weighted by molar-refractivity contribution is 0.0497. The van der Waals surface area contributed by atoms with E-state index in [0.29, 0.717) is 5.02 Å². The number of amides is 1. The average molecular weight is 441 g/mol. The number of piperidine rings is 1. The molecule has 26 heavy (non-hydrogen) atoms. The highest BCUT2D eigenvalue weighted by Gasteiger charge is 2.25. The van der Waals surface area contributed by atoms with E-state index in [1.807, 2.05) is 45.2 Å². The van der Waals surface area contributed by atoms with Crippen molar-refractivity contribution in [2.45, 2.75) is 45.3 Å². The second-order valence-corrected chi connectivity index (χ2v) is 8.81. The first-order chi connectivity index (χ1) is 12.2. The van der Waals surface area contributed by atoms with Crippen molar-refractivity contribution in [1.82, 2.24) is 10.3 Å². The van der Waals surface area contributed by atoms with E-state index in [1.165, 1.54) is 0 Å². The molecule has 3 rings (SSSR count). The lowest BCUT2D eigenvalue weighted by Gasteiger charge is -2.35. The Balaban J connectivity index is 1.71. The van der Waals surface area contributed by atoms with Crippen LogP contribution in [0, 0.1) is 0 Å². The first kappa shape index (κ1) is 19.2. The maximum atomic E-state index is 12.0. The van der Waals surface area contributed by atoms with E-state index < -0.39 is 5.60 Å². The maximum Gasteiger partial charge on any atom is 0.407 e. The number of carbonyl (C=O) groups is 1. The van der Waals surface area contributed by atoms with Gasteiger partial charge in [-0.05, 0) is 67.7 Å². The van der Waals surface area contributed by atoms with Crippen molar-refractivity contribution in [2.75, 3.05) is 18.0 Å². The molecule has 2 heterocycles. The molecule has 1 N–H and O–H groups in total. The summed E-state index contributed by atoms with van der Waals surface area (Å²) < 4.78 is 6.30. The monoisotopic (exact) mass is 439 g/mol. The van der Waals surface area contributed by atoms with Crippen molar-refractivity contribution in [2.24, 2.45) is 0 Å². The summed E-state index contributed by atoms with van der Waals surface area (Å²) in [6.45, 7) is 7.28. The Morgan fingerprint density at radius 3 is 2.69 bits per heavy atom. The number of nitrogens with zero attached hydrogens (tertiary/aromatic N) is 2. The highest BCUT2D eigenvalue weighted by atomic mass is 79.9. The first-order valence-electron chi connectivity index (χ1n) is 8.71. The number of rotatable bonds is 2. The number of benzene rings is 1. The van der Waals surface area contributed by atoms with E-state index in [1.54, 1.807) is 0 Å². The number of hydrogen-bond donors (Lipinski definition) is 1. The van der Waals surface area contributed by atoms with E-state index in [2.05, 4.69) is 31.1 Å². The molecule has 0 aliphatic carbocycles. The molecule has 1 aliphatic heterocycles. The fraction of sp³-hybridized carbons (Fsp3) is 0.474. The molecule has 1 aromatic carbocycles. The summed E-state index contributed by atoms with van der Waals surface area (Å²) in [4.78, 5) is 18.7. The number of pyridine rings is 1. The van der Waals surface area contributed by atoms with Gasteiger partial charge >= 0.3 is 6.09 Å². The van der Waals surface area contributed by atoms with Gasteiger partial charge in [0.2, 0.25) is 0 Å². The summed E-state index contributed by atoms with van der Waals surface area (Å²) in [7, 11) is 0. The molecule has 1 amide bonds. The molecule has 140 valence electrons. The Labute approximate surface area is 167 Å². The molecular formula is C19H23BrClN3O2. The summed E-state index contributed by atoms with van der Waals surface area (Å²) >= 11 is 9.82. The number of aromatic nitrogens is 1. The Kier molecular flexibility index (Phi) is 5.63. The Bertz CT molecular complexity index is 809. The number of halogens is 2. The van der Waals surface area contributed by atoms with Crippen LogP contribution in [0.5, 0.6) is 0 Å². The number of alkyl carbamates (subject to hydrolysis) is 1. The zero-order chi connectivity index (χ0) is 18.9. The van der Waals surface area contributed by atoms with Crippen LogP contribution in [0.4, 0.5) is 10.5 Å². The van der Waals surface area contributed by atoms with Crippen molar-refractivity contribution in [3.63, 3.8) is 0 Å². The van der Waals surface area contributed by atoms with Crippen LogP contribution in [0.2, 0.25) is 5.02 Å². The SMILES string of the molecule is CC(C)(C)OC(=O)NC1CCN(c2c(Br)cnc3ccc(Cl)cc23)CC1. The molecule has 2 aromatic rings. The molecule has 0 atom stereocenters. The molecule has 7 heteroatoms. The zero-order valence-corrected chi connectivity index (χ0v) is 17.5. The van der Waals surface area contributed by atoms with Crippen molar-refractivity contribution in [3.05, 3.63) is 33.9 Å². The molecular weight excluding hydrogens is 418 g/mol. The van der Waals surface area contributed by atoms with E-state index in [9.17, 15) is 4.79 Å². The highest BCUT2D eigenvalue weighted by molar-refractivity contribution is 9.10. The molecule has 1 aromatic heterocycles. The van der Waals surface area contributed by atoms with Gasteiger partial charge < -0.3 is 15.0 Å². The standard InChI is InChI=1S/C19H23BrClN3O2/c1-19(2,3)26-18(25)23-13-6-8-24(9-7-13)17-14-10-12(21)4-5-16(14)22-11-15(17)20/h4-5,10-11,13H,6-9H2,1-3H3,(H,23,25). The van der Waals surface area contributed by atoms with Crippen molar-refractivity contribution in [1.29, 1.82) is 0 Å². The van der Waals surface area contributed by atoms with Gasteiger partial charge in [0.15, 0.2) is 0 Å². The van der Waals surface area contributed by atoms with E-state index >= 15 is 0 Å². The van der Waals surface area contributed by atoms with Crippen molar-refractivity contribution >= 4 is 50.2 Å². The van der Waals surface area contributed by atoms with Gasteiger partial charge in [0.1, 0.15) is 5.60 Å². The summed E-state index contributed by atoms with van der Waals surface area (Å²) in [6.07, 6.45) is 3.20.